The number of nitrogens with one attached hydrogen (secondary N) is 2. The zero-order valence-electron chi connectivity index (χ0n) is 16.2. The number of aliphatic imine (C=N–C) groups is 1. The lowest BCUT2D eigenvalue weighted by Gasteiger charge is -2.16. The van der Waals surface area contributed by atoms with Crippen molar-refractivity contribution in [2.24, 2.45) is 10.9 Å². The molecule has 0 atom stereocenters. The molecule has 5 nitrogen and oxygen atoms in total. The second kappa shape index (κ2) is 9.97. The molecule has 1 fully saturated rings. The maximum absolute atomic E-state index is 5.98. The van der Waals surface area contributed by atoms with E-state index >= 15 is 0 Å². The summed E-state index contributed by atoms with van der Waals surface area (Å²) in [4.78, 5) is 4.33. The largest absolute Gasteiger partial charge is 0.493 e. The molecule has 2 aromatic rings. The van der Waals surface area contributed by atoms with E-state index in [1.165, 1.54) is 24.0 Å². The predicted octanol–water partition coefficient (Wildman–Crippen LogP) is 3.49. The van der Waals surface area contributed by atoms with Crippen LogP contribution in [0.15, 0.2) is 53.5 Å². The topological polar surface area (TPSA) is 54.9 Å². The summed E-state index contributed by atoms with van der Waals surface area (Å²) in [5, 5.41) is 6.76. The van der Waals surface area contributed by atoms with Gasteiger partial charge in [0.05, 0.1) is 13.2 Å². The van der Waals surface area contributed by atoms with Crippen LogP contribution in [0, 0.1) is 5.92 Å². The Labute approximate surface area is 161 Å². The van der Waals surface area contributed by atoms with Gasteiger partial charge in [-0.05, 0) is 36.0 Å². The number of para-hydroxylation sites is 1. The zero-order chi connectivity index (χ0) is 18.9. The summed E-state index contributed by atoms with van der Waals surface area (Å²) in [7, 11) is 3.50. The van der Waals surface area contributed by atoms with Crippen molar-refractivity contribution in [1.29, 1.82) is 0 Å². The minimum absolute atomic E-state index is 0.607. The van der Waals surface area contributed by atoms with E-state index in [0.29, 0.717) is 19.7 Å². The van der Waals surface area contributed by atoms with Crippen molar-refractivity contribution in [2.75, 3.05) is 20.8 Å². The summed E-state index contributed by atoms with van der Waals surface area (Å²) in [6, 6.07) is 16.5. The van der Waals surface area contributed by atoms with Gasteiger partial charge in [0, 0.05) is 32.8 Å². The Morgan fingerprint density at radius 1 is 0.963 bits per heavy atom. The van der Waals surface area contributed by atoms with Crippen molar-refractivity contribution >= 4 is 5.96 Å². The highest BCUT2D eigenvalue weighted by atomic mass is 16.5. The fourth-order valence-electron chi connectivity index (χ4n) is 2.89. The minimum Gasteiger partial charge on any atom is -0.493 e. The quantitative estimate of drug-likeness (QED) is 0.526. The summed E-state index contributed by atoms with van der Waals surface area (Å²) < 4.78 is 11.3. The number of ether oxygens (including phenoxy) is 2. The van der Waals surface area contributed by atoms with Crippen molar-refractivity contribution in [3.8, 4) is 5.75 Å². The lowest BCUT2D eigenvalue weighted by Crippen LogP contribution is -2.36. The van der Waals surface area contributed by atoms with Gasteiger partial charge < -0.3 is 20.1 Å². The van der Waals surface area contributed by atoms with Gasteiger partial charge in [-0.2, -0.15) is 0 Å². The molecule has 2 aromatic carbocycles. The van der Waals surface area contributed by atoms with Gasteiger partial charge in [0.1, 0.15) is 5.75 Å². The molecule has 0 saturated heterocycles. The van der Waals surface area contributed by atoms with Crippen LogP contribution in [0.2, 0.25) is 0 Å². The molecule has 0 heterocycles. The van der Waals surface area contributed by atoms with E-state index in [-0.39, 0.29) is 0 Å². The first-order chi connectivity index (χ1) is 13.3. The Bertz CT molecular complexity index is 757. The van der Waals surface area contributed by atoms with Crippen LogP contribution in [0.25, 0.3) is 0 Å². The van der Waals surface area contributed by atoms with E-state index < -0.39 is 0 Å². The average Bonchev–Trinajstić information content (AvgIpc) is 3.53. The van der Waals surface area contributed by atoms with Gasteiger partial charge in [-0.25, -0.2) is 0 Å². The van der Waals surface area contributed by atoms with Gasteiger partial charge >= 0.3 is 0 Å². The normalized spacial score (nSPS) is 14.1. The van der Waals surface area contributed by atoms with E-state index in [1.807, 2.05) is 30.3 Å². The molecule has 27 heavy (non-hydrogen) atoms. The Morgan fingerprint density at radius 2 is 1.59 bits per heavy atom. The Hall–Kier alpha value is -2.53. The van der Waals surface area contributed by atoms with E-state index in [0.717, 1.165) is 29.8 Å². The number of guanidine groups is 1. The van der Waals surface area contributed by atoms with Gasteiger partial charge in [0.2, 0.25) is 0 Å². The zero-order valence-corrected chi connectivity index (χ0v) is 16.2. The summed E-state index contributed by atoms with van der Waals surface area (Å²) in [5.74, 6) is 2.46. The molecule has 0 unspecified atom stereocenters. The molecule has 0 aromatic heterocycles. The molecule has 0 spiro atoms. The molecule has 144 valence electrons. The summed E-state index contributed by atoms with van der Waals surface area (Å²) in [5.41, 5.74) is 3.53. The second-order valence-corrected chi connectivity index (χ2v) is 6.84. The lowest BCUT2D eigenvalue weighted by atomic mass is 10.1. The first-order valence-corrected chi connectivity index (χ1v) is 9.51. The Kier molecular flexibility index (Phi) is 7.11. The number of hydrogen-bond acceptors (Lipinski definition) is 3. The number of nitrogens with zero attached hydrogens (tertiary/aromatic N) is 1. The predicted molar refractivity (Wildman–Crippen MR) is 109 cm³/mol. The lowest BCUT2D eigenvalue weighted by molar-refractivity contribution is 0.184. The molecule has 0 amide bonds. The molecular formula is C22H29N3O2. The van der Waals surface area contributed by atoms with Crippen molar-refractivity contribution in [3.63, 3.8) is 0 Å². The molecule has 0 aliphatic heterocycles. The number of rotatable bonds is 9. The SMILES string of the molecule is CN=C(NCc1ccccc1COC)NCc1ccccc1OCC1CC1. The maximum Gasteiger partial charge on any atom is 0.191 e. The van der Waals surface area contributed by atoms with E-state index in [9.17, 15) is 0 Å². The highest BCUT2D eigenvalue weighted by molar-refractivity contribution is 5.79. The van der Waals surface area contributed by atoms with Gasteiger partial charge in [-0.1, -0.05) is 42.5 Å². The Morgan fingerprint density at radius 3 is 2.26 bits per heavy atom. The summed E-state index contributed by atoms with van der Waals surface area (Å²) in [6.45, 7) is 2.79. The first kappa shape index (κ1) is 19.2. The highest BCUT2D eigenvalue weighted by Gasteiger charge is 2.22. The van der Waals surface area contributed by atoms with Crippen LogP contribution in [-0.2, 0) is 24.4 Å². The van der Waals surface area contributed by atoms with Gasteiger partial charge in [-0.15, -0.1) is 0 Å². The molecule has 5 heteroatoms. The fourth-order valence-corrected chi connectivity index (χ4v) is 2.89. The standard InChI is InChI=1S/C22H29N3O2/c1-23-22(24-13-18-7-3-4-9-20(18)16-26-2)25-14-19-8-5-6-10-21(19)27-15-17-11-12-17/h3-10,17H,11-16H2,1-2H3,(H2,23,24,25). The second-order valence-electron chi connectivity index (χ2n) is 6.84. The van der Waals surface area contributed by atoms with Gasteiger partial charge in [-0.3, -0.25) is 4.99 Å². The van der Waals surface area contributed by atoms with Crippen molar-refractivity contribution in [2.45, 2.75) is 32.5 Å². The van der Waals surface area contributed by atoms with Crippen LogP contribution in [-0.4, -0.2) is 26.7 Å². The number of benzene rings is 2. The number of methoxy groups -OCH3 is 1. The van der Waals surface area contributed by atoms with E-state index in [1.54, 1.807) is 14.2 Å². The third-order valence-corrected chi connectivity index (χ3v) is 4.68. The maximum atomic E-state index is 5.98. The van der Waals surface area contributed by atoms with Gasteiger partial charge in [0.15, 0.2) is 5.96 Å². The van der Waals surface area contributed by atoms with Crippen LogP contribution in [0.5, 0.6) is 5.75 Å². The van der Waals surface area contributed by atoms with Gasteiger partial charge in [0.25, 0.3) is 0 Å². The molecular weight excluding hydrogens is 338 g/mol. The monoisotopic (exact) mass is 367 g/mol. The molecule has 1 saturated carbocycles. The fraction of sp³-hybridized carbons (Fsp3) is 0.409. The molecule has 3 rings (SSSR count). The van der Waals surface area contributed by atoms with Crippen molar-refractivity contribution in [3.05, 3.63) is 65.2 Å². The van der Waals surface area contributed by atoms with Crippen LogP contribution in [0.4, 0.5) is 0 Å². The number of hydrogen-bond donors (Lipinski definition) is 2. The van der Waals surface area contributed by atoms with Crippen LogP contribution >= 0.6 is 0 Å². The first-order valence-electron chi connectivity index (χ1n) is 9.51. The average molecular weight is 367 g/mol. The van der Waals surface area contributed by atoms with E-state index in [4.69, 9.17) is 9.47 Å². The highest BCUT2D eigenvalue weighted by Crippen LogP contribution is 2.30. The van der Waals surface area contributed by atoms with Crippen molar-refractivity contribution < 1.29 is 9.47 Å². The smallest absolute Gasteiger partial charge is 0.191 e. The van der Waals surface area contributed by atoms with E-state index in [2.05, 4.69) is 33.8 Å². The third kappa shape index (κ3) is 6.00. The van der Waals surface area contributed by atoms with Crippen LogP contribution < -0.4 is 15.4 Å². The minimum atomic E-state index is 0.607. The Balaban J connectivity index is 1.54. The van der Waals surface area contributed by atoms with Crippen molar-refractivity contribution in [1.82, 2.24) is 10.6 Å². The molecule has 1 aliphatic rings. The summed E-state index contributed by atoms with van der Waals surface area (Å²) in [6.07, 6.45) is 2.59. The third-order valence-electron chi connectivity index (χ3n) is 4.68. The molecule has 0 bridgehead atoms. The summed E-state index contributed by atoms with van der Waals surface area (Å²) >= 11 is 0. The molecule has 2 N–H and O–H groups in total. The van der Waals surface area contributed by atoms with Crippen LogP contribution in [0.1, 0.15) is 29.5 Å². The van der Waals surface area contributed by atoms with Crippen LogP contribution in [0.3, 0.4) is 0 Å². The molecule has 0 radical (unpaired) electrons. The molecule has 1 aliphatic carbocycles.